The van der Waals surface area contributed by atoms with Crippen LogP contribution in [0.4, 0.5) is 4.39 Å². The van der Waals surface area contributed by atoms with Crippen molar-refractivity contribution in [3.05, 3.63) is 59.4 Å². The van der Waals surface area contributed by atoms with Crippen LogP contribution in [-0.2, 0) is 6.42 Å². The third-order valence-electron chi connectivity index (χ3n) is 3.96. The number of methoxy groups -OCH3 is 2. The highest BCUT2D eigenvalue weighted by Gasteiger charge is 2.28. The Balaban J connectivity index is 2.24. The zero-order chi connectivity index (χ0) is 29.1. The molecule has 3 rings (SSSR count). The van der Waals surface area contributed by atoms with E-state index in [9.17, 15) is 9.50 Å². The van der Waals surface area contributed by atoms with Crippen molar-refractivity contribution in [3.8, 4) is 11.5 Å². The number of piperidine rings is 1. The summed E-state index contributed by atoms with van der Waals surface area (Å²) in [5, 5.41) is 11.3. The van der Waals surface area contributed by atoms with Crippen molar-refractivity contribution in [2.24, 2.45) is 5.89 Å². The number of rotatable bonds is 7. The third kappa shape index (κ3) is 4.79. The van der Waals surface area contributed by atoms with E-state index in [1.807, 2.05) is 0 Å². The van der Waals surface area contributed by atoms with Crippen molar-refractivity contribution in [1.82, 2.24) is 4.90 Å². The van der Waals surface area contributed by atoms with Crippen molar-refractivity contribution in [3.63, 3.8) is 0 Å². The van der Waals surface area contributed by atoms with Gasteiger partial charge in [0.1, 0.15) is 5.82 Å². The first kappa shape index (κ1) is 9.89. The molecule has 1 heterocycles. The summed E-state index contributed by atoms with van der Waals surface area (Å²) >= 11 is 0. The second-order valence-electron chi connectivity index (χ2n) is 5.67. The van der Waals surface area contributed by atoms with Gasteiger partial charge in [-0.15, -0.1) is 0 Å². The van der Waals surface area contributed by atoms with Crippen molar-refractivity contribution >= 4 is 0 Å². The molecule has 1 atom stereocenters. The molecule has 0 bridgehead atoms. The highest BCUT2D eigenvalue weighted by molar-refractivity contribution is 5.47. The number of hydrogen-bond donors (Lipinski definition) is 1. The largest absolute Gasteiger partial charge is 0.493 e. The molecule has 5 heteroatoms. The molecule has 0 spiro atoms. The number of aliphatic hydroxyl groups excluding tert-OH is 1. The highest BCUT2D eigenvalue weighted by atomic mass is 19.1. The van der Waals surface area contributed by atoms with Crippen LogP contribution in [0.5, 0.6) is 11.5 Å². The molecule has 146 valence electrons. The van der Waals surface area contributed by atoms with Crippen molar-refractivity contribution in [2.45, 2.75) is 25.3 Å². The van der Waals surface area contributed by atoms with Gasteiger partial charge < -0.3 is 19.5 Å². The maximum atomic E-state index is 13.3. The molecule has 0 saturated carbocycles. The first-order valence-electron chi connectivity index (χ1n) is 13.7. The Morgan fingerprint density at radius 2 is 1.93 bits per heavy atom. The summed E-state index contributed by atoms with van der Waals surface area (Å²) in [5.74, 6) is -4.38. The van der Waals surface area contributed by atoms with Crippen LogP contribution in [0.25, 0.3) is 0 Å². The summed E-state index contributed by atoms with van der Waals surface area (Å²) in [7, 11) is 2.45. The Morgan fingerprint density at radius 1 is 1.22 bits per heavy atom. The molecule has 1 N–H and O–H groups in total. The Hall–Kier alpha value is -2.11. The van der Waals surface area contributed by atoms with Crippen LogP contribution in [0.2, 0.25) is 0 Å². The van der Waals surface area contributed by atoms with Crippen LogP contribution >= 0.6 is 0 Å². The van der Waals surface area contributed by atoms with Gasteiger partial charge in [0, 0.05) is 27.1 Å². The number of hydrogen-bond acceptors (Lipinski definition) is 4. The van der Waals surface area contributed by atoms with Crippen LogP contribution in [0.3, 0.4) is 0 Å². The monoisotopic (exact) mass is 384 g/mol. The van der Waals surface area contributed by atoms with Gasteiger partial charge in [-0.2, -0.15) is 0 Å². The smallest absolute Gasteiger partial charge is 0.166 e. The van der Waals surface area contributed by atoms with Gasteiger partial charge >= 0.3 is 0 Å². The van der Waals surface area contributed by atoms with E-state index >= 15 is 0 Å². The summed E-state index contributed by atoms with van der Waals surface area (Å²) < 4.78 is 119. The van der Waals surface area contributed by atoms with Crippen LogP contribution in [0.1, 0.15) is 45.1 Å². The normalized spacial score (nSPS) is 32.1. The van der Waals surface area contributed by atoms with E-state index in [1.165, 1.54) is 44.6 Å². The number of ether oxygens (including phenoxy) is 2. The first-order valence-corrected chi connectivity index (χ1v) is 8.19. The van der Waals surface area contributed by atoms with Crippen molar-refractivity contribution in [2.75, 3.05) is 33.7 Å². The lowest BCUT2D eigenvalue weighted by molar-refractivity contribution is 0.0573. The number of halogens is 1. The lowest BCUT2D eigenvalue weighted by Crippen LogP contribution is -2.36. The summed E-state index contributed by atoms with van der Waals surface area (Å²) in [6.45, 7) is -10.5. The van der Waals surface area contributed by atoms with Crippen LogP contribution < -0.4 is 9.47 Å². The minimum absolute atomic E-state index is 0.0351. The topological polar surface area (TPSA) is 41.9 Å². The van der Waals surface area contributed by atoms with E-state index in [1.54, 1.807) is 0 Å². The second-order valence-corrected chi connectivity index (χ2v) is 5.67. The highest BCUT2D eigenvalue weighted by Crippen LogP contribution is 2.39. The molecule has 1 aliphatic rings. The number of nitrogens with zero attached hydrogens (tertiary/aromatic N) is 1. The van der Waals surface area contributed by atoms with Gasteiger partial charge in [-0.1, -0.05) is 24.3 Å². The molecule has 0 radical (unpaired) electrons. The molecular formula is C22H28FNO3. The molecular weight excluding hydrogens is 345 g/mol. The Kier molecular flexibility index (Phi) is 3.37. The molecule has 0 aromatic heterocycles. The predicted octanol–water partition coefficient (Wildman–Crippen LogP) is 3.83. The number of aryl methyl sites for hydroxylation is 1. The Morgan fingerprint density at radius 3 is 2.56 bits per heavy atom. The van der Waals surface area contributed by atoms with Gasteiger partial charge in [0.05, 0.1) is 20.3 Å². The number of para-hydroxylation sites is 1. The lowest BCUT2D eigenvalue weighted by Gasteiger charge is -2.34. The van der Waals surface area contributed by atoms with Gasteiger partial charge in [0.15, 0.2) is 11.5 Å². The van der Waals surface area contributed by atoms with Gasteiger partial charge in [0.25, 0.3) is 0 Å². The second kappa shape index (κ2) is 9.20. The van der Waals surface area contributed by atoms with Crippen LogP contribution in [0.15, 0.2) is 42.5 Å². The minimum atomic E-state index is -3.74. The van der Waals surface area contributed by atoms with E-state index in [-0.39, 0.29) is 27.5 Å². The fourth-order valence-corrected chi connectivity index (χ4v) is 2.56. The number of aliphatic hydroxyl groups is 1. The molecule has 0 unspecified atom stereocenters. The number of likely N-dealkylation sites (tertiary alicyclic amines) is 1. The SMILES string of the molecule is [2H]C([2H])(Cc1ccc(F)cc1)N1C([2H])([2H])C([2H])([2H])C([2H])([C@@H](O)c2cccc(OC)c2OC)C([2H])([2H])C1([2H])[2H]. The maximum absolute atomic E-state index is 13.3. The maximum Gasteiger partial charge on any atom is 0.166 e. The van der Waals surface area contributed by atoms with Gasteiger partial charge in [-0.3, -0.25) is 0 Å². The van der Waals surface area contributed by atoms with Crippen LogP contribution in [0, 0.1) is 11.7 Å². The minimum Gasteiger partial charge on any atom is -0.493 e. The quantitative estimate of drug-likeness (QED) is 0.788. The Labute approximate surface area is 176 Å². The van der Waals surface area contributed by atoms with E-state index < -0.39 is 56.5 Å². The van der Waals surface area contributed by atoms with Crippen molar-refractivity contribution in [1.29, 1.82) is 0 Å². The summed E-state index contributed by atoms with van der Waals surface area (Å²) in [5.41, 5.74) is -0.253. The zero-order valence-corrected chi connectivity index (χ0v) is 14.9. The van der Waals surface area contributed by atoms with E-state index in [4.69, 9.17) is 24.6 Å². The van der Waals surface area contributed by atoms with E-state index in [2.05, 4.69) is 0 Å². The molecule has 2 aromatic carbocycles. The standard InChI is InChI=1S/C22H28FNO3/c1-26-20-5-3-4-19(22(20)27-2)21(25)17-11-14-24(15-12-17)13-10-16-6-8-18(23)9-7-16/h3-9,17,21,25H,10-15H2,1-2H3/t21-/m1/s1/i11D2,12D2,13D2,14D2,15D2,17D. The van der Waals surface area contributed by atoms with E-state index in [0.717, 1.165) is 12.1 Å². The van der Waals surface area contributed by atoms with E-state index in [0.29, 0.717) is 0 Å². The summed E-state index contributed by atoms with van der Waals surface area (Å²) in [4.78, 5) is -0.210. The fraction of sp³-hybridized carbons (Fsp3) is 0.455. The van der Waals surface area contributed by atoms with Gasteiger partial charge in [-0.25, -0.2) is 4.39 Å². The fourth-order valence-electron chi connectivity index (χ4n) is 2.56. The predicted molar refractivity (Wildman–Crippen MR) is 104 cm³/mol. The van der Waals surface area contributed by atoms with Crippen molar-refractivity contribution < 1.29 is 34.0 Å². The molecule has 4 nitrogen and oxygen atoms in total. The third-order valence-corrected chi connectivity index (χ3v) is 3.96. The molecule has 1 aliphatic heterocycles. The molecule has 2 aromatic rings. The van der Waals surface area contributed by atoms with Gasteiger partial charge in [0.2, 0.25) is 0 Å². The first-order chi connectivity index (χ1) is 17.3. The molecule has 27 heavy (non-hydrogen) atoms. The molecule has 1 saturated heterocycles. The zero-order valence-electron chi connectivity index (χ0n) is 25.9. The summed E-state index contributed by atoms with van der Waals surface area (Å²) in [6.07, 6.45) is -10.7. The molecule has 0 amide bonds. The number of benzene rings is 2. The average molecular weight is 385 g/mol. The van der Waals surface area contributed by atoms with Gasteiger partial charge in [-0.05, 0) is 61.8 Å². The average Bonchev–Trinajstić information content (AvgIpc) is 2.81. The Bertz CT molecular complexity index is 1150. The molecule has 1 fully saturated rings. The molecule has 0 aliphatic carbocycles. The summed E-state index contributed by atoms with van der Waals surface area (Å²) in [6, 6.07) is 8.32. The van der Waals surface area contributed by atoms with Crippen LogP contribution in [-0.4, -0.2) is 43.7 Å². The lowest BCUT2D eigenvalue weighted by atomic mass is 9.87.